The molecule has 0 fully saturated rings. The number of hydrogen-bond acceptors (Lipinski definition) is 0. The maximum absolute atomic E-state index is 12.4. The van der Waals surface area contributed by atoms with E-state index in [-0.39, 0.29) is 13.1 Å². The van der Waals surface area contributed by atoms with Crippen LogP contribution < -0.4 is 0 Å². The van der Waals surface area contributed by atoms with Crippen LogP contribution in [0.2, 0.25) is 12.6 Å². The van der Waals surface area contributed by atoms with Crippen molar-refractivity contribution >= 4 is 7.28 Å². The van der Waals surface area contributed by atoms with Crippen LogP contribution in [0.5, 0.6) is 0 Å². The summed E-state index contributed by atoms with van der Waals surface area (Å²) >= 11 is 0. The van der Waals surface area contributed by atoms with Gasteiger partial charge in [0.1, 0.15) is 5.83 Å². The van der Waals surface area contributed by atoms with Crippen LogP contribution in [0.25, 0.3) is 0 Å². The van der Waals surface area contributed by atoms with Crippen molar-refractivity contribution in [3.8, 4) is 0 Å². The lowest BCUT2D eigenvalue weighted by atomic mass is 9.64. The molecule has 1 aliphatic carbocycles. The third kappa shape index (κ3) is 1.70. The lowest BCUT2D eigenvalue weighted by molar-refractivity contribution is 0.652. The molecule has 0 amide bonds. The second-order valence-electron chi connectivity index (χ2n) is 2.74. The summed E-state index contributed by atoms with van der Waals surface area (Å²) in [4.78, 5) is 0. The van der Waals surface area contributed by atoms with Crippen LogP contribution in [0, 0.1) is 0 Å². The van der Waals surface area contributed by atoms with E-state index in [9.17, 15) is 4.39 Å². The first-order valence-corrected chi connectivity index (χ1v) is 3.83. The highest BCUT2D eigenvalue weighted by Gasteiger charge is 2.00. The number of halogens is 1. The Hall–Kier alpha value is -0.525. The van der Waals surface area contributed by atoms with Gasteiger partial charge in [0.2, 0.25) is 0 Å². The molecule has 0 aromatic rings. The predicted octanol–water partition coefficient (Wildman–Crippen LogP) is 1.81. The van der Waals surface area contributed by atoms with Gasteiger partial charge in [0.25, 0.3) is 0 Å². The third-order valence-corrected chi connectivity index (χ3v) is 1.97. The average Bonchev–Trinajstić information content (AvgIpc) is 1.88. The fourth-order valence-corrected chi connectivity index (χ4v) is 1.19. The molecule has 0 N–H and O–H groups in total. The third-order valence-electron chi connectivity index (χ3n) is 1.97. The fraction of sp³-hybridized carbons (Fsp3) is 0.429. The first-order chi connectivity index (χ1) is 4.33. The zero-order chi connectivity index (χ0) is 6.69. The Morgan fingerprint density at radius 3 is 3.00 bits per heavy atom. The molecule has 0 saturated heterocycles. The van der Waals surface area contributed by atoms with Gasteiger partial charge in [0.05, 0.1) is 0 Å². The zero-order valence-electron chi connectivity index (χ0n) is 5.89. The van der Waals surface area contributed by atoms with Crippen molar-refractivity contribution in [2.45, 2.75) is 19.1 Å². The molecule has 9 heavy (non-hydrogen) atoms. The predicted molar refractivity (Wildman–Crippen MR) is 41.1 cm³/mol. The van der Waals surface area contributed by atoms with Gasteiger partial charge in [-0.2, -0.15) is 6.82 Å². The van der Waals surface area contributed by atoms with Gasteiger partial charge in [-0.15, -0.1) is 5.82 Å². The van der Waals surface area contributed by atoms with E-state index in [1.54, 1.807) is 12.2 Å². The topological polar surface area (TPSA) is 0 Å². The summed E-state index contributed by atoms with van der Waals surface area (Å²) < 4.78 is 12.4. The van der Waals surface area contributed by atoms with Crippen molar-refractivity contribution < 1.29 is 4.39 Å². The highest BCUT2D eigenvalue weighted by Crippen LogP contribution is 2.20. The van der Waals surface area contributed by atoms with Crippen LogP contribution >= 0.6 is 0 Å². The summed E-state index contributed by atoms with van der Waals surface area (Å²) in [7, 11) is 0.0758. The van der Waals surface area contributed by atoms with E-state index in [1.165, 1.54) is 0 Å². The molecule has 1 rings (SSSR count). The standard InChI is InChI=1S/C7H11BF/c1-8-6-3-2-4-7(9)5-6/h2,4-6H,3,8H2,1H3/q-1. The number of allylic oxidation sites excluding steroid dienone is 4. The van der Waals surface area contributed by atoms with E-state index in [2.05, 4.69) is 6.82 Å². The van der Waals surface area contributed by atoms with Crippen molar-refractivity contribution in [2.75, 3.05) is 0 Å². The maximum atomic E-state index is 12.4. The molecule has 1 aliphatic rings. The molecule has 1 unspecified atom stereocenters. The first-order valence-electron chi connectivity index (χ1n) is 3.83. The summed E-state index contributed by atoms with van der Waals surface area (Å²) in [5, 5.41) is 0. The van der Waals surface area contributed by atoms with E-state index in [0.29, 0.717) is 5.82 Å². The molecule has 0 heterocycles. The van der Waals surface area contributed by atoms with Crippen LogP contribution in [0.1, 0.15) is 6.42 Å². The van der Waals surface area contributed by atoms with Crippen LogP contribution in [0.15, 0.2) is 24.1 Å². The van der Waals surface area contributed by atoms with E-state index in [1.807, 2.05) is 6.08 Å². The maximum Gasteiger partial charge on any atom is 0.115 e. The first kappa shape index (κ1) is 6.59. The SMILES string of the molecule is C[BH2-]C1C=C(F)C=CC1. The Balaban J connectivity index is 2.55. The zero-order valence-corrected chi connectivity index (χ0v) is 5.89. The molecule has 0 aromatic heterocycles. The minimum absolute atomic E-state index is 0.0446. The minimum Gasteiger partial charge on any atom is -0.207 e. The molecule has 1 atom stereocenters. The van der Waals surface area contributed by atoms with Crippen molar-refractivity contribution in [2.24, 2.45) is 0 Å². The monoisotopic (exact) mass is 125 g/mol. The van der Waals surface area contributed by atoms with Gasteiger partial charge in [-0.25, -0.2) is 4.39 Å². The van der Waals surface area contributed by atoms with Crippen molar-refractivity contribution in [3.05, 3.63) is 24.1 Å². The summed E-state index contributed by atoms with van der Waals surface area (Å²) in [6, 6.07) is 0. The largest absolute Gasteiger partial charge is 0.207 e. The molecule has 50 valence electrons. The van der Waals surface area contributed by atoms with Gasteiger partial charge in [-0.05, 0) is 13.4 Å². The molecule has 2 heteroatoms. The lowest BCUT2D eigenvalue weighted by Gasteiger charge is -2.14. The molecule has 0 spiro atoms. The van der Waals surface area contributed by atoms with Gasteiger partial charge in [-0.1, -0.05) is 18.6 Å². The van der Waals surface area contributed by atoms with E-state index in [0.717, 1.165) is 6.42 Å². The summed E-state index contributed by atoms with van der Waals surface area (Å²) in [5.74, 6) is 0.520. The van der Waals surface area contributed by atoms with Gasteiger partial charge in [0.15, 0.2) is 0 Å². The van der Waals surface area contributed by atoms with Crippen LogP contribution in [0.3, 0.4) is 0 Å². The number of rotatable bonds is 1. The molecular formula is C7H11BF-. The normalized spacial score (nSPS) is 26.0. The minimum atomic E-state index is -0.0446. The average molecular weight is 125 g/mol. The van der Waals surface area contributed by atoms with Gasteiger partial charge in [0, 0.05) is 0 Å². The Labute approximate surface area is 55.7 Å². The number of hydrogen-bond donors (Lipinski definition) is 0. The van der Waals surface area contributed by atoms with Crippen LogP contribution in [-0.2, 0) is 0 Å². The van der Waals surface area contributed by atoms with E-state index in [4.69, 9.17) is 0 Å². The van der Waals surface area contributed by atoms with Crippen LogP contribution in [0.4, 0.5) is 4.39 Å². The van der Waals surface area contributed by atoms with Gasteiger partial charge < -0.3 is 0 Å². The Morgan fingerprint density at radius 2 is 2.56 bits per heavy atom. The molecule has 0 aromatic carbocycles. The Kier molecular flexibility index (Phi) is 2.09. The summed E-state index contributed by atoms with van der Waals surface area (Å²) in [6.07, 6.45) is 6.29. The Bertz CT molecular complexity index is 149. The van der Waals surface area contributed by atoms with Gasteiger partial charge in [-0.3, -0.25) is 0 Å². The molecule has 0 bridgehead atoms. The van der Waals surface area contributed by atoms with Crippen molar-refractivity contribution in [1.29, 1.82) is 0 Å². The molecule has 0 aliphatic heterocycles. The second kappa shape index (κ2) is 2.86. The Morgan fingerprint density at radius 1 is 1.78 bits per heavy atom. The van der Waals surface area contributed by atoms with Crippen molar-refractivity contribution in [3.63, 3.8) is 0 Å². The molecule has 0 nitrogen and oxygen atoms in total. The second-order valence-corrected chi connectivity index (χ2v) is 2.74. The lowest BCUT2D eigenvalue weighted by Crippen LogP contribution is -1.97. The summed E-state index contributed by atoms with van der Waals surface area (Å²) in [6.45, 7) is 2.20. The highest BCUT2D eigenvalue weighted by molar-refractivity contribution is 6.36. The molecular weight excluding hydrogens is 114 g/mol. The van der Waals surface area contributed by atoms with Crippen molar-refractivity contribution in [1.82, 2.24) is 0 Å². The van der Waals surface area contributed by atoms with Crippen LogP contribution in [-0.4, -0.2) is 7.28 Å². The quantitative estimate of drug-likeness (QED) is 0.468. The summed E-state index contributed by atoms with van der Waals surface area (Å²) in [5.41, 5.74) is 0. The molecule has 0 saturated carbocycles. The smallest absolute Gasteiger partial charge is 0.115 e. The fourth-order valence-electron chi connectivity index (χ4n) is 1.19. The van der Waals surface area contributed by atoms with Gasteiger partial charge >= 0.3 is 0 Å². The molecule has 0 radical (unpaired) electrons. The van der Waals surface area contributed by atoms with E-state index >= 15 is 0 Å². The van der Waals surface area contributed by atoms with E-state index < -0.39 is 0 Å². The highest BCUT2D eigenvalue weighted by atomic mass is 19.1.